The topological polar surface area (TPSA) is 21.3 Å². The first-order valence-corrected chi connectivity index (χ1v) is 8.26. The highest BCUT2D eigenvalue weighted by molar-refractivity contribution is 9.10. The summed E-state index contributed by atoms with van der Waals surface area (Å²) in [5, 5.41) is 5.41. The lowest BCUT2D eigenvalue weighted by molar-refractivity contribution is 0.304. The molecule has 20 heavy (non-hydrogen) atoms. The lowest BCUT2D eigenvalue weighted by Gasteiger charge is -2.12. The van der Waals surface area contributed by atoms with E-state index >= 15 is 0 Å². The van der Waals surface area contributed by atoms with Gasteiger partial charge in [0.2, 0.25) is 0 Å². The molecule has 0 amide bonds. The van der Waals surface area contributed by atoms with Crippen LogP contribution in [0.3, 0.4) is 0 Å². The Balaban J connectivity index is 1.68. The summed E-state index contributed by atoms with van der Waals surface area (Å²) in [5.41, 5.74) is 0.879. The quantitative estimate of drug-likeness (QED) is 0.824. The maximum atomic E-state index is 13.4. The molecule has 0 bridgehead atoms. The second-order valence-corrected chi connectivity index (χ2v) is 6.74. The number of rotatable bonds is 6. The van der Waals surface area contributed by atoms with Crippen molar-refractivity contribution < 1.29 is 9.13 Å². The molecule has 1 aromatic carbocycles. The molecular weight excluding hydrogens is 341 g/mol. The van der Waals surface area contributed by atoms with Crippen molar-refractivity contribution in [1.29, 1.82) is 0 Å². The smallest absolute Gasteiger partial charge is 0.124 e. The second kappa shape index (κ2) is 6.24. The first-order chi connectivity index (χ1) is 9.72. The predicted molar refractivity (Wildman–Crippen MR) is 82.6 cm³/mol. The average molecular weight is 356 g/mol. The maximum absolute atomic E-state index is 13.4. The zero-order valence-electron chi connectivity index (χ0n) is 10.9. The van der Waals surface area contributed by atoms with Gasteiger partial charge in [-0.25, -0.2) is 4.39 Å². The van der Waals surface area contributed by atoms with Gasteiger partial charge in [0.25, 0.3) is 0 Å². The first-order valence-electron chi connectivity index (χ1n) is 6.59. The van der Waals surface area contributed by atoms with Crippen LogP contribution in [0.5, 0.6) is 5.75 Å². The molecule has 106 valence electrons. The van der Waals surface area contributed by atoms with E-state index < -0.39 is 0 Å². The van der Waals surface area contributed by atoms with Gasteiger partial charge in [-0.2, -0.15) is 0 Å². The van der Waals surface area contributed by atoms with E-state index in [1.54, 1.807) is 23.5 Å². The molecule has 1 fully saturated rings. The highest BCUT2D eigenvalue weighted by Gasteiger charge is 2.20. The van der Waals surface area contributed by atoms with Gasteiger partial charge in [0.1, 0.15) is 18.2 Å². The molecule has 1 heterocycles. The van der Waals surface area contributed by atoms with Crippen molar-refractivity contribution in [2.75, 3.05) is 0 Å². The summed E-state index contributed by atoms with van der Waals surface area (Å²) in [5.74, 6) is 0.530. The van der Waals surface area contributed by atoms with Crippen LogP contribution in [0.25, 0.3) is 0 Å². The zero-order chi connectivity index (χ0) is 13.9. The molecule has 0 spiro atoms. The molecule has 0 atom stereocenters. The van der Waals surface area contributed by atoms with Crippen molar-refractivity contribution in [3.63, 3.8) is 0 Å². The Bertz CT molecular complexity index is 597. The number of hydrogen-bond donors (Lipinski definition) is 1. The standard InChI is InChI=1S/C15H15BrFNOS/c16-13-5-6-20-15(13)9-19-14-4-1-11(17)7-10(14)8-18-12-2-3-12/h1,4-7,12,18H,2-3,8-9H2. The van der Waals surface area contributed by atoms with Gasteiger partial charge in [-0.1, -0.05) is 0 Å². The van der Waals surface area contributed by atoms with Gasteiger partial charge in [-0.3, -0.25) is 0 Å². The lowest BCUT2D eigenvalue weighted by Crippen LogP contribution is -2.16. The number of thiophene rings is 1. The fourth-order valence-corrected chi connectivity index (χ4v) is 3.32. The first kappa shape index (κ1) is 14.0. The summed E-state index contributed by atoms with van der Waals surface area (Å²) < 4.78 is 20.3. The van der Waals surface area contributed by atoms with E-state index in [2.05, 4.69) is 21.2 Å². The van der Waals surface area contributed by atoms with Crippen molar-refractivity contribution in [1.82, 2.24) is 5.32 Å². The van der Waals surface area contributed by atoms with E-state index in [1.165, 1.54) is 18.9 Å². The van der Waals surface area contributed by atoms with Crippen LogP contribution in [0, 0.1) is 5.82 Å². The van der Waals surface area contributed by atoms with E-state index in [0.717, 1.165) is 20.7 Å². The van der Waals surface area contributed by atoms with Crippen molar-refractivity contribution in [2.45, 2.75) is 32.0 Å². The van der Waals surface area contributed by atoms with Gasteiger partial charge in [-0.05, 0) is 58.4 Å². The Labute approximate surface area is 130 Å². The minimum Gasteiger partial charge on any atom is -0.488 e. The van der Waals surface area contributed by atoms with Gasteiger partial charge in [0.05, 0.1) is 4.88 Å². The summed E-state index contributed by atoms with van der Waals surface area (Å²) in [6.45, 7) is 1.16. The average Bonchev–Trinajstić information content (AvgIpc) is 3.18. The molecule has 1 aromatic heterocycles. The zero-order valence-corrected chi connectivity index (χ0v) is 13.3. The van der Waals surface area contributed by atoms with E-state index in [9.17, 15) is 4.39 Å². The van der Waals surface area contributed by atoms with E-state index in [4.69, 9.17) is 4.74 Å². The molecule has 1 aliphatic carbocycles. The minimum absolute atomic E-state index is 0.220. The molecule has 1 aliphatic rings. The summed E-state index contributed by atoms with van der Waals surface area (Å²) in [6.07, 6.45) is 2.43. The molecule has 0 aliphatic heterocycles. The van der Waals surface area contributed by atoms with E-state index in [-0.39, 0.29) is 5.82 Å². The molecule has 5 heteroatoms. The molecule has 0 unspecified atom stereocenters. The number of nitrogens with one attached hydrogen (secondary N) is 1. The summed E-state index contributed by atoms with van der Waals surface area (Å²) in [4.78, 5) is 1.13. The Morgan fingerprint density at radius 2 is 2.20 bits per heavy atom. The summed E-state index contributed by atoms with van der Waals surface area (Å²) in [7, 11) is 0. The van der Waals surface area contributed by atoms with Gasteiger partial charge < -0.3 is 10.1 Å². The number of ether oxygens (including phenoxy) is 1. The SMILES string of the molecule is Fc1ccc(OCc2sccc2Br)c(CNC2CC2)c1. The van der Waals surface area contributed by atoms with Crippen LogP contribution in [0.2, 0.25) is 0 Å². The van der Waals surface area contributed by atoms with Crippen LogP contribution in [-0.2, 0) is 13.2 Å². The Morgan fingerprint density at radius 3 is 2.90 bits per heavy atom. The third-order valence-electron chi connectivity index (χ3n) is 3.23. The Hall–Kier alpha value is -0.910. The molecule has 2 aromatic rings. The van der Waals surface area contributed by atoms with Crippen molar-refractivity contribution in [2.24, 2.45) is 0 Å². The van der Waals surface area contributed by atoms with Crippen LogP contribution in [-0.4, -0.2) is 6.04 Å². The Morgan fingerprint density at radius 1 is 1.35 bits per heavy atom. The monoisotopic (exact) mass is 355 g/mol. The summed E-state index contributed by atoms with van der Waals surface area (Å²) >= 11 is 5.13. The number of hydrogen-bond acceptors (Lipinski definition) is 3. The van der Waals surface area contributed by atoms with Crippen LogP contribution in [0.15, 0.2) is 34.1 Å². The highest BCUT2D eigenvalue weighted by Crippen LogP contribution is 2.27. The fourth-order valence-electron chi connectivity index (χ4n) is 1.94. The highest BCUT2D eigenvalue weighted by atomic mass is 79.9. The minimum atomic E-state index is -0.220. The number of benzene rings is 1. The van der Waals surface area contributed by atoms with Gasteiger partial charge in [-0.15, -0.1) is 11.3 Å². The third kappa shape index (κ3) is 3.59. The normalized spacial score (nSPS) is 14.5. The molecular formula is C15H15BrFNOS. The predicted octanol–water partition coefficient (Wildman–Crippen LogP) is 4.48. The second-order valence-electron chi connectivity index (χ2n) is 4.89. The molecule has 0 radical (unpaired) electrons. The van der Waals surface area contributed by atoms with Gasteiger partial charge in [0, 0.05) is 22.6 Å². The molecule has 0 saturated heterocycles. The summed E-state index contributed by atoms with van der Waals surface area (Å²) in [6, 6.07) is 7.30. The van der Waals surface area contributed by atoms with Gasteiger partial charge >= 0.3 is 0 Å². The lowest BCUT2D eigenvalue weighted by atomic mass is 10.2. The van der Waals surface area contributed by atoms with Crippen LogP contribution in [0.4, 0.5) is 4.39 Å². The van der Waals surface area contributed by atoms with Crippen LogP contribution < -0.4 is 10.1 Å². The maximum Gasteiger partial charge on any atom is 0.124 e. The largest absolute Gasteiger partial charge is 0.488 e. The molecule has 1 N–H and O–H groups in total. The van der Waals surface area contributed by atoms with Crippen molar-refractivity contribution in [3.8, 4) is 5.75 Å². The molecule has 1 saturated carbocycles. The van der Waals surface area contributed by atoms with Crippen LogP contribution in [0.1, 0.15) is 23.3 Å². The van der Waals surface area contributed by atoms with Crippen molar-refractivity contribution >= 4 is 27.3 Å². The number of halogens is 2. The van der Waals surface area contributed by atoms with Crippen LogP contribution >= 0.6 is 27.3 Å². The van der Waals surface area contributed by atoms with Gasteiger partial charge in [0.15, 0.2) is 0 Å². The molecule has 3 rings (SSSR count). The third-order valence-corrected chi connectivity index (χ3v) is 5.13. The van der Waals surface area contributed by atoms with E-state index in [1.807, 2.05) is 11.4 Å². The Kier molecular flexibility index (Phi) is 4.38. The molecule has 2 nitrogen and oxygen atoms in total. The van der Waals surface area contributed by atoms with E-state index in [0.29, 0.717) is 19.2 Å². The fraction of sp³-hybridized carbons (Fsp3) is 0.333. The van der Waals surface area contributed by atoms with Crippen molar-refractivity contribution in [3.05, 3.63) is 50.4 Å².